The van der Waals surface area contributed by atoms with Crippen LogP contribution >= 0.6 is 26.3 Å². The number of aromatic amines is 2. The predicted octanol–water partition coefficient (Wildman–Crippen LogP) is 8.23. The minimum Gasteiger partial charge on any atom is -0.355 e. The number of aryl methyl sites for hydroxylation is 3. The molecule has 0 aliphatic heterocycles. The molecule has 0 aliphatic carbocycles. The fourth-order valence-electron chi connectivity index (χ4n) is 5.38. The van der Waals surface area contributed by atoms with E-state index < -0.39 is 4.28 Å². The number of ketones is 2. The molecule has 0 saturated heterocycles. The average molecular weight is 715 g/mol. The Bertz CT molecular complexity index is 2080. The number of carbonyl (C=O) groups is 2. The van der Waals surface area contributed by atoms with Crippen LogP contribution in [0.4, 0.5) is 0 Å². The molecule has 2 aromatic heterocycles. The third-order valence-corrected chi connectivity index (χ3v) is 8.57. The Balaban J connectivity index is 1.50. The lowest BCUT2D eigenvalue weighted by molar-refractivity contribution is 0.102. The molecule has 4 nitrogen and oxygen atoms in total. The van der Waals surface area contributed by atoms with Crippen molar-refractivity contribution < 1.29 is 11.0 Å². The Morgan fingerprint density at radius 2 is 1.33 bits per heavy atom. The highest BCUT2D eigenvalue weighted by molar-refractivity contribution is 14.2. The van der Waals surface area contributed by atoms with Crippen LogP contribution in [-0.4, -0.2) is 22.8 Å². The summed E-state index contributed by atoms with van der Waals surface area (Å²) in [7, 11) is 0. The maximum atomic E-state index is 13.5. The van der Waals surface area contributed by atoms with Gasteiger partial charge >= 0.3 is 0 Å². The molecule has 212 valence electrons. The van der Waals surface area contributed by atoms with Crippen molar-refractivity contribution in [2.24, 2.45) is 0 Å². The van der Waals surface area contributed by atoms with Gasteiger partial charge in [0.2, 0.25) is 11.6 Å². The molecule has 0 bridgehead atoms. The van der Waals surface area contributed by atoms with Crippen LogP contribution in [-0.2, 0) is 11.8 Å². The fraction of sp³-hybridized carbons (Fsp3) is 0.111. The molecule has 0 radical (unpaired) electrons. The quantitative estimate of drug-likeness (QED) is 0.0773. The number of halogens is 1. The lowest BCUT2D eigenvalue weighted by Gasteiger charge is -2.21. The number of hydrogen-bond donors (Lipinski definition) is 2. The van der Waals surface area contributed by atoms with E-state index in [1.54, 1.807) is 60.7 Å². The van der Waals surface area contributed by atoms with Gasteiger partial charge in [0, 0.05) is 33.6 Å². The zero-order valence-corrected chi connectivity index (χ0v) is 27.6. The average Bonchev–Trinajstić information content (AvgIpc) is 3.68. The summed E-state index contributed by atoms with van der Waals surface area (Å²) in [6.07, 6.45) is 2.12. The van der Waals surface area contributed by atoms with Gasteiger partial charge in [0.1, 0.15) is 1.37 Å². The number of terminal acetylenes is 1. The number of benzene rings is 3. The fourth-order valence-corrected chi connectivity index (χ4v) is 6.10. The topological polar surface area (TPSA) is 65.7 Å². The van der Waals surface area contributed by atoms with E-state index in [4.69, 9.17) is 14.5 Å². The van der Waals surface area contributed by atoms with Gasteiger partial charge < -0.3 is 9.97 Å². The summed E-state index contributed by atoms with van der Waals surface area (Å²) in [6.45, 7) is 6.22. The van der Waals surface area contributed by atoms with Gasteiger partial charge in [-0.05, 0) is 132 Å². The van der Waals surface area contributed by atoms with Gasteiger partial charge in [-0.15, -0.1) is 6.40 Å². The molecule has 2 heterocycles. The van der Waals surface area contributed by atoms with E-state index >= 15 is 0 Å². The molecule has 0 spiro atoms. The van der Waals surface area contributed by atoms with Crippen molar-refractivity contribution in [1.29, 1.82) is 1.28 Å². The monoisotopic (exact) mass is 714 g/mol. The Morgan fingerprint density at radius 3 is 1.79 bits per heavy atom. The maximum absolute atomic E-state index is 13.5. The van der Waals surface area contributed by atoms with Gasteiger partial charge in [-0.1, -0.05) is 47.0 Å². The van der Waals surface area contributed by atoms with Crippen molar-refractivity contribution in [2.75, 3.05) is 0 Å². The van der Waals surface area contributed by atoms with Crippen LogP contribution in [0.25, 0.3) is 0 Å². The second kappa shape index (κ2) is 13.1. The largest absolute Gasteiger partial charge is 0.355 e. The van der Waals surface area contributed by atoms with Gasteiger partial charge in [-0.2, -0.15) is 0 Å². The second-order valence-corrected chi connectivity index (χ2v) is 17.0. The van der Waals surface area contributed by atoms with Gasteiger partial charge in [0.25, 0.3) is 0 Å². The summed E-state index contributed by atoms with van der Waals surface area (Å²) >= 11 is 6.98. The molecule has 2 atom stereocenters. The minimum absolute atomic E-state index is 0.153. The molecule has 0 amide bonds. The molecule has 7 heteroatoms. The number of H-pyrrole nitrogens is 2. The maximum Gasteiger partial charge on any atom is 0.209 e. The molecule has 43 heavy (non-hydrogen) atoms. The Hall–Kier alpha value is -3.94. The van der Waals surface area contributed by atoms with Crippen LogP contribution in [0.15, 0.2) is 84.9 Å². The van der Waals surface area contributed by atoms with Gasteiger partial charge in [0.05, 0.1) is 22.9 Å². The molecule has 2 unspecified atom stereocenters. The molecule has 5 rings (SSSR count). The number of aromatic nitrogens is 2. The van der Waals surface area contributed by atoms with Crippen LogP contribution in [0.5, 0.6) is 0 Å². The Morgan fingerprint density at radius 1 is 0.837 bits per heavy atom. The summed E-state index contributed by atoms with van der Waals surface area (Å²) in [4.78, 5) is 33.6. The summed E-state index contributed by atoms with van der Waals surface area (Å²) in [5.41, 5.74) is 12.2. The van der Waals surface area contributed by atoms with Crippen LogP contribution in [0.1, 0.15) is 84.2 Å². The summed E-state index contributed by atoms with van der Waals surface area (Å²) in [5.74, 6) is 5.00. The molecular weight excluding hydrogens is 682 g/mol. The Kier molecular flexibility index (Phi) is 8.52. The van der Waals surface area contributed by atoms with E-state index in [0.717, 1.165) is 33.6 Å². The van der Waals surface area contributed by atoms with E-state index in [-0.39, 0.29) is 17.5 Å². The zero-order chi connectivity index (χ0) is 32.3. The summed E-state index contributed by atoms with van der Waals surface area (Å²) < 4.78 is 12.5. The molecule has 5 aromatic rings. The molecule has 0 fully saturated rings. The highest BCUT2D eigenvalue weighted by atomic mass is 127. The van der Waals surface area contributed by atoms with Crippen molar-refractivity contribution in [3.63, 3.8) is 0 Å². The second-order valence-electron chi connectivity index (χ2n) is 10.3. The van der Waals surface area contributed by atoms with Crippen LogP contribution < -0.4 is 0 Å². The molecular formula is C36H28IN2O2PS. The van der Waals surface area contributed by atoms with Crippen LogP contribution in [0, 0.1) is 44.7 Å². The SMILES string of the molecule is [3H]C#Cc1ccc(C(=O)c2ccc(C(c3ccc(C(=O)c4ccc(C#CP([3H])(=S)I)cc4)[nH]3)c3c(C)cc(C)cc3C)[nH]2)cc1. The molecule has 0 saturated carbocycles. The number of carbonyl (C=O) groups excluding carboxylic acids is 2. The highest BCUT2D eigenvalue weighted by Gasteiger charge is 2.26. The third kappa shape index (κ3) is 6.84. The van der Waals surface area contributed by atoms with Crippen molar-refractivity contribution in [3.8, 4) is 23.9 Å². The van der Waals surface area contributed by atoms with E-state index in [9.17, 15) is 9.59 Å². The molecule has 0 aliphatic rings. The van der Waals surface area contributed by atoms with Gasteiger partial charge in [-0.3, -0.25) is 9.59 Å². The van der Waals surface area contributed by atoms with Crippen molar-refractivity contribution in [3.05, 3.63) is 152 Å². The first-order valence-corrected chi connectivity index (χ1v) is 18.6. The van der Waals surface area contributed by atoms with Crippen LogP contribution in [0.2, 0.25) is 0 Å². The van der Waals surface area contributed by atoms with E-state index in [0.29, 0.717) is 33.6 Å². The van der Waals surface area contributed by atoms with Gasteiger partial charge in [0.15, 0.2) is 0 Å². The highest BCUT2D eigenvalue weighted by Crippen LogP contribution is 2.36. The number of hydrogen-bond acceptors (Lipinski definition) is 3. The van der Waals surface area contributed by atoms with E-state index in [1.807, 2.05) is 34.2 Å². The first-order valence-electron chi connectivity index (χ1n) is 14.4. The first kappa shape index (κ1) is 27.9. The van der Waals surface area contributed by atoms with E-state index in [2.05, 4.69) is 66.8 Å². The van der Waals surface area contributed by atoms with Crippen LogP contribution in [0.3, 0.4) is 0 Å². The van der Waals surface area contributed by atoms with Crippen molar-refractivity contribution >= 4 is 49.7 Å². The standard InChI is InChI=1S/C36H28IN2O2PS/c1-5-25-6-10-27(11-7-25)35(40)31-16-14-29(38-31)34(33-23(3)20-22(2)21-24(33)4)30-15-17-32(39-30)36(41)28-12-8-26(9-13-28)18-19-42(37)43/h1,6-17,20-21,34,38-39,42H,2-4H3/i1T,42T. The zero-order valence-electron chi connectivity index (χ0n) is 25.7. The number of nitrogens with one attached hydrogen (secondary N) is 2. The smallest absolute Gasteiger partial charge is 0.209 e. The third-order valence-electron chi connectivity index (χ3n) is 7.28. The Labute approximate surface area is 273 Å². The van der Waals surface area contributed by atoms with Gasteiger partial charge in [-0.25, -0.2) is 0 Å². The number of rotatable bonds is 7. The van der Waals surface area contributed by atoms with E-state index in [1.165, 1.54) is 0 Å². The first-order chi connectivity index (χ1) is 21.4. The van der Waals surface area contributed by atoms with Crippen molar-refractivity contribution in [1.82, 2.24) is 9.97 Å². The summed E-state index contributed by atoms with van der Waals surface area (Å²) in [6, 6.07) is 25.6. The lowest BCUT2D eigenvalue weighted by atomic mass is 9.85. The summed E-state index contributed by atoms with van der Waals surface area (Å²) in [5, 5.41) is 0. The molecule has 2 N–H and O–H groups in total. The van der Waals surface area contributed by atoms with Crippen molar-refractivity contribution in [2.45, 2.75) is 26.7 Å². The lowest BCUT2D eigenvalue weighted by Crippen LogP contribution is -2.11. The normalized spacial score (nSPS) is 13.3. The minimum atomic E-state index is -2.41. The molecule has 3 aromatic carbocycles. The predicted molar refractivity (Wildman–Crippen MR) is 187 cm³/mol.